The van der Waals surface area contributed by atoms with Crippen molar-refractivity contribution in [1.82, 2.24) is 0 Å². The van der Waals surface area contributed by atoms with Gasteiger partial charge in [-0.25, -0.2) is 0 Å². The number of hydrogen-bond acceptors (Lipinski definition) is 2. The first-order chi connectivity index (χ1) is 6.22. The number of aromatic hydroxyl groups is 1. The standard InChI is InChI=1S/C10H9BrOS/c1-6-5-13-10-2-7(4-11)9(12)3-8(6)10/h2-3,5,12H,4H2,1H3. The Morgan fingerprint density at radius 3 is 2.92 bits per heavy atom. The number of phenols is 1. The highest BCUT2D eigenvalue weighted by Gasteiger charge is 2.05. The smallest absolute Gasteiger partial charge is 0.120 e. The summed E-state index contributed by atoms with van der Waals surface area (Å²) in [6, 6.07) is 3.88. The van der Waals surface area contributed by atoms with Gasteiger partial charge in [0.05, 0.1) is 0 Å². The van der Waals surface area contributed by atoms with E-state index in [0.29, 0.717) is 11.1 Å². The van der Waals surface area contributed by atoms with Crippen molar-refractivity contribution in [2.75, 3.05) is 0 Å². The summed E-state index contributed by atoms with van der Waals surface area (Å²) in [5, 5.41) is 13.6. The van der Waals surface area contributed by atoms with E-state index in [2.05, 4.69) is 28.2 Å². The molecule has 0 unspecified atom stereocenters. The molecule has 3 heteroatoms. The highest BCUT2D eigenvalue weighted by Crippen LogP contribution is 2.32. The maximum absolute atomic E-state index is 9.63. The molecule has 2 aromatic rings. The lowest BCUT2D eigenvalue weighted by atomic mass is 10.1. The van der Waals surface area contributed by atoms with Crippen molar-refractivity contribution >= 4 is 37.4 Å². The van der Waals surface area contributed by atoms with Gasteiger partial charge in [0.1, 0.15) is 5.75 Å². The zero-order valence-corrected chi connectivity index (χ0v) is 9.58. The molecule has 0 saturated carbocycles. The highest BCUT2D eigenvalue weighted by atomic mass is 79.9. The third kappa shape index (κ3) is 1.46. The lowest BCUT2D eigenvalue weighted by molar-refractivity contribution is 0.471. The van der Waals surface area contributed by atoms with Crippen LogP contribution in [-0.2, 0) is 5.33 Å². The molecule has 1 aromatic carbocycles. The van der Waals surface area contributed by atoms with Gasteiger partial charge in [0.15, 0.2) is 0 Å². The number of thiophene rings is 1. The van der Waals surface area contributed by atoms with E-state index in [4.69, 9.17) is 0 Å². The number of halogens is 1. The van der Waals surface area contributed by atoms with Crippen molar-refractivity contribution in [2.24, 2.45) is 0 Å². The van der Waals surface area contributed by atoms with Crippen LogP contribution in [-0.4, -0.2) is 5.11 Å². The van der Waals surface area contributed by atoms with Crippen LogP contribution in [0.3, 0.4) is 0 Å². The van der Waals surface area contributed by atoms with Crippen molar-refractivity contribution in [3.8, 4) is 5.75 Å². The maximum Gasteiger partial charge on any atom is 0.120 e. The topological polar surface area (TPSA) is 20.2 Å². The summed E-state index contributed by atoms with van der Waals surface area (Å²) in [5.74, 6) is 0.380. The Kier molecular flexibility index (Phi) is 2.30. The summed E-state index contributed by atoms with van der Waals surface area (Å²) in [7, 11) is 0. The van der Waals surface area contributed by atoms with Crippen LogP contribution in [0.5, 0.6) is 5.75 Å². The van der Waals surface area contributed by atoms with Gasteiger partial charge in [-0.1, -0.05) is 15.9 Å². The molecular formula is C10H9BrOS. The van der Waals surface area contributed by atoms with Gasteiger partial charge >= 0.3 is 0 Å². The zero-order valence-electron chi connectivity index (χ0n) is 7.17. The van der Waals surface area contributed by atoms with E-state index in [0.717, 1.165) is 10.9 Å². The first kappa shape index (κ1) is 9.03. The van der Waals surface area contributed by atoms with E-state index < -0.39 is 0 Å². The van der Waals surface area contributed by atoms with Crippen LogP contribution in [0.15, 0.2) is 17.5 Å². The predicted molar refractivity (Wildman–Crippen MR) is 60.9 cm³/mol. The van der Waals surface area contributed by atoms with Crippen LogP contribution >= 0.6 is 27.3 Å². The first-order valence-corrected chi connectivity index (χ1v) is 5.98. The van der Waals surface area contributed by atoms with Gasteiger partial charge in [-0.3, -0.25) is 0 Å². The Bertz CT molecular complexity index is 447. The predicted octanol–water partition coefficient (Wildman–Crippen LogP) is 3.81. The number of fused-ring (bicyclic) bond motifs is 1. The van der Waals surface area contributed by atoms with Crippen molar-refractivity contribution < 1.29 is 5.11 Å². The molecule has 0 aliphatic carbocycles. The molecule has 0 amide bonds. The SMILES string of the molecule is Cc1csc2cc(CBr)c(O)cc12. The van der Waals surface area contributed by atoms with Crippen LogP contribution in [0, 0.1) is 6.92 Å². The molecule has 0 radical (unpaired) electrons. The van der Waals surface area contributed by atoms with E-state index in [1.807, 2.05) is 12.1 Å². The fourth-order valence-electron chi connectivity index (χ4n) is 1.34. The number of rotatable bonds is 1. The number of aryl methyl sites for hydroxylation is 1. The van der Waals surface area contributed by atoms with Crippen molar-refractivity contribution in [3.05, 3.63) is 28.6 Å². The lowest BCUT2D eigenvalue weighted by Gasteiger charge is -2.00. The number of hydrogen-bond donors (Lipinski definition) is 1. The van der Waals surface area contributed by atoms with Gasteiger partial charge < -0.3 is 5.11 Å². The Balaban J connectivity index is 2.76. The van der Waals surface area contributed by atoms with E-state index in [-0.39, 0.29) is 0 Å². The molecule has 1 aromatic heterocycles. The van der Waals surface area contributed by atoms with Crippen LogP contribution < -0.4 is 0 Å². The first-order valence-electron chi connectivity index (χ1n) is 3.98. The largest absolute Gasteiger partial charge is 0.508 e. The fourth-order valence-corrected chi connectivity index (χ4v) is 2.78. The monoisotopic (exact) mass is 256 g/mol. The molecule has 1 N–H and O–H groups in total. The lowest BCUT2D eigenvalue weighted by Crippen LogP contribution is -1.78. The maximum atomic E-state index is 9.63. The van der Waals surface area contributed by atoms with Gasteiger partial charge in [0.25, 0.3) is 0 Å². The molecule has 68 valence electrons. The minimum Gasteiger partial charge on any atom is -0.508 e. The number of benzene rings is 1. The molecular weight excluding hydrogens is 248 g/mol. The summed E-state index contributed by atoms with van der Waals surface area (Å²) in [6.45, 7) is 2.06. The minimum atomic E-state index is 0.380. The molecule has 2 rings (SSSR count). The van der Waals surface area contributed by atoms with E-state index in [1.165, 1.54) is 10.3 Å². The number of alkyl halides is 1. The second-order valence-electron chi connectivity index (χ2n) is 3.03. The molecule has 13 heavy (non-hydrogen) atoms. The van der Waals surface area contributed by atoms with E-state index in [9.17, 15) is 5.11 Å². The van der Waals surface area contributed by atoms with Gasteiger partial charge in [-0.2, -0.15) is 0 Å². The molecule has 0 aliphatic heterocycles. The normalized spacial score (nSPS) is 10.9. The van der Waals surface area contributed by atoms with E-state index in [1.54, 1.807) is 11.3 Å². The van der Waals surface area contributed by atoms with Crippen molar-refractivity contribution in [1.29, 1.82) is 0 Å². The van der Waals surface area contributed by atoms with Gasteiger partial charge in [0, 0.05) is 15.6 Å². The van der Waals surface area contributed by atoms with Crippen molar-refractivity contribution in [3.63, 3.8) is 0 Å². The third-order valence-electron chi connectivity index (χ3n) is 2.11. The Labute approximate surface area is 89.1 Å². The average molecular weight is 257 g/mol. The Morgan fingerprint density at radius 2 is 2.23 bits per heavy atom. The zero-order chi connectivity index (χ0) is 9.42. The van der Waals surface area contributed by atoms with Crippen molar-refractivity contribution in [2.45, 2.75) is 12.3 Å². The van der Waals surface area contributed by atoms with Crippen LogP contribution in [0.25, 0.3) is 10.1 Å². The van der Waals surface area contributed by atoms with Crippen LogP contribution in [0.4, 0.5) is 0 Å². The molecule has 1 heterocycles. The van der Waals surface area contributed by atoms with E-state index >= 15 is 0 Å². The average Bonchev–Trinajstić information content (AvgIpc) is 2.47. The second-order valence-corrected chi connectivity index (χ2v) is 4.50. The molecule has 0 saturated heterocycles. The highest BCUT2D eigenvalue weighted by molar-refractivity contribution is 9.08. The Hall–Kier alpha value is -0.540. The van der Waals surface area contributed by atoms with Gasteiger partial charge in [-0.05, 0) is 35.4 Å². The molecule has 1 nitrogen and oxygen atoms in total. The summed E-state index contributed by atoms with van der Waals surface area (Å²) in [6.07, 6.45) is 0. The van der Waals surface area contributed by atoms with Gasteiger partial charge in [-0.15, -0.1) is 11.3 Å². The van der Waals surface area contributed by atoms with Crippen LogP contribution in [0.2, 0.25) is 0 Å². The van der Waals surface area contributed by atoms with Gasteiger partial charge in [0.2, 0.25) is 0 Å². The quantitative estimate of drug-likeness (QED) is 0.770. The molecule has 0 fully saturated rings. The summed E-state index contributed by atoms with van der Waals surface area (Å²) in [4.78, 5) is 0. The minimum absolute atomic E-state index is 0.380. The number of phenolic OH excluding ortho intramolecular Hbond substituents is 1. The fraction of sp³-hybridized carbons (Fsp3) is 0.200. The molecule has 0 bridgehead atoms. The summed E-state index contributed by atoms with van der Waals surface area (Å²) in [5.41, 5.74) is 2.19. The second kappa shape index (κ2) is 3.31. The molecule has 0 atom stereocenters. The molecule has 0 spiro atoms. The summed E-state index contributed by atoms with van der Waals surface area (Å²) < 4.78 is 1.24. The molecule has 0 aliphatic rings. The summed E-state index contributed by atoms with van der Waals surface area (Å²) >= 11 is 5.07. The Morgan fingerprint density at radius 1 is 1.46 bits per heavy atom. The third-order valence-corrected chi connectivity index (χ3v) is 3.78. The van der Waals surface area contributed by atoms with Crippen LogP contribution in [0.1, 0.15) is 11.1 Å².